The summed E-state index contributed by atoms with van der Waals surface area (Å²) in [6.45, 7) is 6.62. The highest BCUT2D eigenvalue weighted by atomic mass is 16.6. The van der Waals surface area contributed by atoms with Crippen LogP contribution in [-0.4, -0.2) is 24.0 Å². The molecular weight excluding hydrogens is 278 g/mol. The molecule has 0 spiro atoms. The summed E-state index contributed by atoms with van der Waals surface area (Å²) in [5, 5.41) is 0. The molecule has 1 aliphatic carbocycles. The summed E-state index contributed by atoms with van der Waals surface area (Å²) < 4.78 is 5.73. The molecule has 1 saturated carbocycles. The lowest BCUT2D eigenvalue weighted by Crippen LogP contribution is -2.54. The van der Waals surface area contributed by atoms with Gasteiger partial charge in [0.05, 0.1) is 5.41 Å². The van der Waals surface area contributed by atoms with E-state index in [1.165, 1.54) is 5.56 Å². The summed E-state index contributed by atoms with van der Waals surface area (Å²) in [7, 11) is 0. The number of anilines is 1. The van der Waals surface area contributed by atoms with Crippen LogP contribution in [0.3, 0.4) is 0 Å². The van der Waals surface area contributed by atoms with Crippen molar-refractivity contribution in [2.24, 2.45) is 10.8 Å². The number of para-hydroxylation sites is 1. The first kappa shape index (κ1) is 13.8. The predicted octanol–water partition coefficient (Wildman–Crippen LogP) is 2.70. The van der Waals surface area contributed by atoms with Crippen molar-refractivity contribution in [3.8, 4) is 0 Å². The highest BCUT2D eigenvalue weighted by Crippen LogP contribution is 2.66. The zero-order valence-corrected chi connectivity index (χ0v) is 13.3. The summed E-state index contributed by atoms with van der Waals surface area (Å²) in [5.41, 5.74) is 0.119. The lowest BCUT2D eigenvalue weighted by molar-refractivity contribution is -0.167. The third kappa shape index (κ3) is 1.30. The molecule has 2 bridgehead atoms. The predicted molar refractivity (Wildman–Crippen MR) is 82.4 cm³/mol. The van der Waals surface area contributed by atoms with E-state index >= 15 is 0 Å². The lowest BCUT2D eigenvalue weighted by atomic mass is 9.66. The first-order valence-electron chi connectivity index (χ1n) is 7.97. The normalized spacial score (nSPS) is 34.7. The molecule has 116 valence electrons. The van der Waals surface area contributed by atoms with Crippen molar-refractivity contribution in [1.82, 2.24) is 0 Å². The van der Waals surface area contributed by atoms with E-state index in [1.54, 1.807) is 0 Å². The number of ether oxygens (including phenoxy) is 1. The topological polar surface area (TPSA) is 46.6 Å². The summed E-state index contributed by atoms with van der Waals surface area (Å²) in [6, 6.07) is 7.99. The van der Waals surface area contributed by atoms with E-state index in [0.717, 1.165) is 18.5 Å². The molecule has 1 aromatic rings. The second kappa shape index (κ2) is 3.92. The maximum absolute atomic E-state index is 13.3. The number of carbonyl (C=O) groups excluding carboxylic acids is 2. The van der Waals surface area contributed by atoms with Gasteiger partial charge < -0.3 is 9.64 Å². The van der Waals surface area contributed by atoms with Gasteiger partial charge in [0.15, 0.2) is 5.60 Å². The molecule has 4 heteroatoms. The first-order chi connectivity index (χ1) is 10.3. The van der Waals surface area contributed by atoms with Crippen LogP contribution in [0.4, 0.5) is 5.69 Å². The van der Waals surface area contributed by atoms with Crippen LogP contribution >= 0.6 is 0 Å². The number of hydrogen-bond acceptors (Lipinski definition) is 3. The minimum absolute atomic E-state index is 0.0444. The Bertz CT molecular complexity index is 695. The Morgan fingerprint density at radius 3 is 2.55 bits per heavy atom. The van der Waals surface area contributed by atoms with Crippen LogP contribution in [0, 0.1) is 10.8 Å². The summed E-state index contributed by atoms with van der Waals surface area (Å²) in [4.78, 5) is 27.5. The van der Waals surface area contributed by atoms with Crippen LogP contribution in [0.5, 0.6) is 0 Å². The summed E-state index contributed by atoms with van der Waals surface area (Å²) >= 11 is 0. The molecule has 4 rings (SSSR count). The fourth-order valence-electron chi connectivity index (χ4n) is 4.49. The molecule has 2 aliphatic heterocycles. The molecule has 0 N–H and O–H groups in total. The maximum atomic E-state index is 13.3. The molecule has 1 aromatic carbocycles. The average molecular weight is 299 g/mol. The number of fused-ring (bicyclic) bond motifs is 3. The van der Waals surface area contributed by atoms with Gasteiger partial charge in [0, 0.05) is 17.6 Å². The van der Waals surface area contributed by atoms with Crippen LogP contribution in [0.15, 0.2) is 24.3 Å². The molecule has 2 fully saturated rings. The van der Waals surface area contributed by atoms with Gasteiger partial charge in [-0.05, 0) is 37.8 Å². The minimum Gasteiger partial charge on any atom is -0.448 e. The van der Waals surface area contributed by atoms with Gasteiger partial charge in [0.2, 0.25) is 0 Å². The molecule has 4 nitrogen and oxygen atoms in total. The second-order valence-corrected chi connectivity index (χ2v) is 7.51. The Morgan fingerprint density at radius 1 is 1.18 bits per heavy atom. The third-order valence-electron chi connectivity index (χ3n) is 6.56. The van der Waals surface area contributed by atoms with Crippen LogP contribution < -0.4 is 4.90 Å². The summed E-state index contributed by atoms with van der Waals surface area (Å²) in [5.74, 6) is -0.262. The van der Waals surface area contributed by atoms with E-state index in [2.05, 4.69) is 6.07 Å². The maximum Gasteiger partial charge on any atom is 0.313 e. The number of hydrogen-bond donors (Lipinski definition) is 0. The van der Waals surface area contributed by atoms with Crippen molar-refractivity contribution in [2.75, 3.05) is 11.4 Å². The van der Waals surface area contributed by atoms with Gasteiger partial charge in [-0.15, -0.1) is 0 Å². The SMILES string of the molecule is CC1(C)[C@@]2(C(=O)N3CCc4ccccc43)CC[C@]1(C)C(=O)O2. The number of rotatable bonds is 1. The molecule has 2 atom stereocenters. The van der Waals surface area contributed by atoms with E-state index in [-0.39, 0.29) is 11.9 Å². The third-order valence-corrected chi connectivity index (χ3v) is 6.56. The molecule has 1 amide bonds. The molecular formula is C18H21NO3. The van der Waals surface area contributed by atoms with Crippen LogP contribution in [-0.2, 0) is 20.7 Å². The van der Waals surface area contributed by atoms with E-state index in [0.29, 0.717) is 13.0 Å². The molecule has 3 aliphatic rings. The minimum atomic E-state index is -1.00. The summed E-state index contributed by atoms with van der Waals surface area (Å²) in [6.07, 6.45) is 2.21. The van der Waals surface area contributed by atoms with Gasteiger partial charge in [-0.1, -0.05) is 32.0 Å². The largest absolute Gasteiger partial charge is 0.448 e. The zero-order chi connectivity index (χ0) is 15.8. The number of nitrogens with zero attached hydrogens (tertiary/aromatic N) is 1. The molecule has 2 heterocycles. The number of carbonyl (C=O) groups is 2. The van der Waals surface area contributed by atoms with Crippen molar-refractivity contribution < 1.29 is 14.3 Å². The molecule has 0 unspecified atom stereocenters. The first-order valence-corrected chi connectivity index (χ1v) is 7.97. The fourth-order valence-corrected chi connectivity index (χ4v) is 4.49. The lowest BCUT2D eigenvalue weighted by Gasteiger charge is -2.38. The zero-order valence-electron chi connectivity index (χ0n) is 13.3. The smallest absolute Gasteiger partial charge is 0.313 e. The highest BCUT2D eigenvalue weighted by molar-refractivity contribution is 6.05. The Balaban J connectivity index is 1.77. The van der Waals surface area contributed by atoms with Gasteiger partial charge in [-0.2, -0.15) is 0 Å². The number of amides is 1. The van der Waals surface area contributed by atoms with Crippen molar-refractivity contribution in [2.45, 2.75) is 45.6 Å². The standard InChI is InChI=1S/C18H21NO3/c1-16(2)17(3)9-10-18(16,22-15(17)21)14(20)19-11-8-12-6-4-5-7-13(12)19/h4-7H,8-11H2,1-3H3/t17-,18+/m1/s1. The van der Waals surface area contributed by atoms with Crippen LogP contribution in [0.2, 0.25) is 0 Å². The van der Waals surface area contributed by atoms with Gasteiger partial charge in [0.1, 0.15) is 0 Å². The Labute approximate surface area is 130 Å². The Kier molecular flexibility index (Phi) is 2.46. The number of benzene rings is 1. The molecule has 0 radical (unpaired) electrons. The Hall–Kier alpha value is -1.84. The van der Waals surface area contributed by atoms with E-state index in [1.807, 2.05) is 43.9 Å². The van der Waals surface area contributed by atoms with E-state index in [9.17, 15) is 9.59 Å². The van der Waals surface area contributed by atoms with Crippen molar-refractivity contribution in [1.29, 1.82) is 0 Å². The van der Waals surface area contributed by atoms with Gasteiger partial charge in [-0.3, -0.25) is 9.59 Å². The van der Waals surface area contributed by atoms with E-state index in [4.69, 9.17) is 4.74 Å². The van der Waals surface area contributed by atoms with Gasteiger partial charge >= 0.3 is 5.97 Å². The second-order valence-electron chi connectivity index (χ2n) is 7.51. The Morgan fingerprint density at radius 2 is 1.91 bits per heavy atom. The van der Waals surface area contributed by atoms with Crippen LogP contribution in [0.25, 0.3) is 0 Å². The number of esters is 1. The van der Waals surface area contributed by atoms with Crippen LogP contribution in [0.1, 0.15) is 39.2 Å². The molecule has 0 aromatic heterocycles. The fraction of sp³-hybridized carbons (Fsp3) is 0.556. The average Bonchev–Trinajstić information content (AvgIpc) is 3.04. The van der Waals surface area contributed by atoms with Crippen molar-refractivity contribution in [3.63, 3.8) is 0 Å². The van der Waals surface area contributed by atoms with Gasteiger partial charge in [0.25, 0.3) is 5.91 Å². The quantitative estimate of drug-likeness (QED) is 0.749. The highest BCUT2D eigenvalue weighted by Gasteiger charge is 2.76. The molecule has 22 heavy (non-hydrogen) atoms. The molecule has 1 saturated heterocycles. The van der Waals surface area contributed by atoms with Crippen molar-refractivity contribution >= 4 is 17.6 Å². The van der Waals surface area contributed by atoms with E-state index < -0.39 is 16.4 Å². The van der Waals surface area contributed by atoms with Crippen molar-refractivity contribution in [3.05, 3.63) is 29.8 Å². The monoisotopic (exact) mass is 299 g/mol. The van der Waals surface area contributed by atoms with Gasteiger partial charge in [-0.25, -0.2) is 0 Å².